The summed E-state index contributed by atoms with van der Waals surface area (Å²) in [4.78, 5) is 11.5. The minimum absolute atomic E-state index is 0.434. The van der Waals surface area contributed by atoms with E-state index in [-0.39, 0.29) is 0 Å². The van der Waals surface area contributed by atoms with Gasteiger partial charge in [0.05, 0.1) is 12.6 Å². The minimum Gasteiger partial charge on any atom is -0.481 e. The van der Waals surface area contributed by atoms with Gasteiger partial charge in [-0.05, 0) is 70.3 Å². The average Bonchev–Trinajstić information content (AvgIpc) is 2.82. The highest BCUT2D eigenvalue weighted by atomic mass is 79.9. The van der Waals surface area contributed by atoms with Gasteiger partial charge in [-0.1, -0.05) is 51.8 Å². The lowest BCUT2D eigenvalue weighted by Crippen LogP contribution is -2.38. The van der Waals surface area contributed by atoms with Crippen molar-refractivity contribution < 1.29 is 9.84 Å². The molecule has 5 nitrogen and oxygen atoms in total. The fourth-order valence-electron chi connectivity index (χ4n) is 4.85. The number of benzene rings is 2. The number of halogens is 1. The summed E-state index contributed by atoms with van der Waals surface area (Å²) in [6, 6.07) is 20.3. The van der Waals surface area contributed by atoms with Gasteiger partial charge in [0.25, 0.3) is 0 Å². The summed E-state index contributed by atoms with van der Waals surface area (Å²) in [5.41, 5.74) is 4.17. The summed E-state index contributed by atoms with van der Waals surface area (Å²) in [6.45, 7) is 4.72. The van der Waals surface area contributed by atoms with Gasteiger partial charge in [-0.15, -0.1) is 0 Å². The normalized spacial score (nSPS) is 14.2. The highest BCUT2D eigenvalue weighted by Gasteiger charge is 2.43. The topological polar surface area (TPSA) is 58.5 Å². The monoisotopic (exact) mass is 533 g/mol. The molecule has 4 aromatic rings. The van der Waals surface area contributed by atoms with Crippen molar-refractivity contribution >= 4 is 26.8 Å². The van der Waals surface area contributed by atoms with Gasteiger partial charge in [0.15, 0.2) is 0 Å². The Balaban J connectivity index is 2.06. The number of aliphatic hydroxyl groups is 1. The van der Waals surface area contributed by atoms with E-state index < -0.39 is 11.5 Å². The summed E-state index contributed by atoms with van der Waals surface area (Å²) in [5, 5.41) is 13.7. The molecule has 182 valence electrons. The zero-order chi connectivity index (χ0) is 25.2. The van der Waals surface area contributed by atoms with Crippen LogP contribution in [0, 0.1) is 13.8 Å². The number of rotatable bonds is 8. The van der Waals surface area contributed by atoms with E-state index in [1.54, 1.807) is 13.3 Å². The number of nitrogens with zero attached hydrogens (tertiary/aromatic N) is 3. The Morgan fingerprint density at radius 3 is 2.54 bits per heavy atom. The Morgan fingerprint density at radius 1 is 1.06 bits per heavy atom. The SMILES string of the molecule is COc1nc2ccc(Br)cc2cc1[C@@H](c1cccc(C)c1)[C@@](O)(CCN(C)C)c1cccnc1C. The number of aryl methyl sites for hydroxylation is 2. The van der Waals surface area contributed by atoms with E-state index in [2.05, 4.69) is 57.0 Å². The fourth-order valence-corrected chi connectivity index (χ4v) is 5.23. The summed E-state index contributed by atoms with van der Waals surface area (Å²) in [7, 11) is 5.68. The lowest BCUT2D eigenvalue weighted by molar-refractivity contribution is 0.00288. The van der Waals surface area contributed by atoms with Crippen LogP contribution in [0.1, 0.15) is 40.3 Å². The number of hydrogen-bond acceptors (Lipinski definition) is 5. The zero-order valence-corrected chi connectivity index (χ0v) is 22.5. The highest BCUT2D eigenvalue weighted by molar-refractivity contribution is 9.10. The van der Waals surface area contributed by atoms with Gasteiger partial charge in [-0.25, -0.2) is 4.98 Å². The third kappa shape index (κ3) is 5.25. The molecule has 2 aromatic carbocycles. The van der Waals surface area contributed by atoms with Gasteiger partial charge in [0.2, 0.25) is 5.88 Å². The maximum Gasteiger partial charge on any atom is 0.217 e. The molecule has 35 heavy (non-hydrogen) atoms. The van der Waals surface area contributed by atoms with Crippen molar-refractivity contribution in [2.75, 3.05) is 27.7 Å². The molecule has 0 aliphatic heterocycles. The first-order chi connectivity index (χ1) is 16.7. The Kier molecular flexibility index (Phi) is 7.55. The van der Waals surface area contributed by atoms with E-state index in [1.807, 2.05) is 57.4 Å². The van der Waals surface area contributed by atoms with Crippen LogP contribution in [0.15, 0.2) is 71.3 Å². The van der Waals surface area contributed by atoms with Crippen LogP contribution in [0.5, 0.6) is 5.88 Å². The van der Waals surface area contributed by atoms with Gasteiger partial charge in [0, 0.05) is 45.3 Å². The summed E-state index contributed by atoms with van der Waals surface area (Å²) < 4.78 is 6.82. The summed E-state index contributed by atoms with van der Waals surface area (Å²) >= 11 is 3.59. The quantitative estimate of drug-likeness (QED) is 0.301. The second-order valence-electron chi connectivity index (χ2n) is 9.38. The second kappa shape index (κ2) is 10.4. The third-order valence-electron chi connectivity index (χ3n) is 6.54. The number of methoxy groups -OCH3 is 1. The molecule has 0 aliphatic carbocycles. The molecule has 0 spiro atoms. The van der Waals surface area contributed by atoms with Gasteiger partial charge in [-0.3, -0.25) is 4.98 Å². The Hall–Kier alpha value is -2.80. The van der Waals surface area contributed by atoms with E-state index >= 15 is 0 Å². The molecular weight excluding hydrogens is 502 g/mol. The van der Waals surface area contributed by atoms with Crippen LogP contribution in [0.25, 0.3) is 10.9 Å². The third-order valence-corrected chi connectivity index (χ3v) is 7.03. The second-order valence-corrected chi connectivity index (χ2v) is 10.3. The molecule has 2 aromatic heterocycles. The first-order valence-corrected chi connectivity index (χ1v) is 12.5. The van der Waals surface area contributed by atoms with Crippen LogP contribution in [-0.2, 0) is 5.60 Å². The van der Waals surface area contributed by atoms with Crippen molar-refractivity contribution in [3.63, 3.8) is 0 Å². The van der Waals surface area contributed by atoms with Gasteiger partial charge >= 0.3 is 0 Å². The smallest absolute Gasteiger partial charge is 0.217 e. The lowest BCUT2D eigenvalue weighted by Gasteiger charge is -2.39. The van der Waals surface area contributed by atoms with E-state index in [0.29, 0.717) is 18.8 Å². The molecule has 0 radical (unpaired) electrons. The molecule has 6 heteroatoms. The van der Waals surface area contributed by atoms with Gasteiger partial charge in [0.1, 0.15) is 5.60 Å². The van der Waals surface area contributed by atoms with E-state index in [4.69, 9.17) is 9.72 Å². The zero-order valence-electron chi connectivity index (χ0n) is 20.9. The Morgan fingerprint density at radius 2 is 1.86 bits per heavy atom. The predicted molar refractivity (Wildman–Crippen MR) is 145 cm³/mol. The molecule has 0 bridgehead atoms. The van der Waals surface area contributed by atoms with Crippen LogP contribution in [0.4, 0.5) is 0 Å². The van der Waals surface area contributed by atoms with Crippen molar-refractivity contribution in [1.29, 1.82) is 0 Å². The number of pyridine rings is 2. The van der Waals surface area contributed by atoms with Crippen LogP contribution in [0.3, 0.4) is 0 Å². The maximum atomic E-state index is 12.8. The molecule has 4 rings (SSSR count). The minimum atomic E-state index is -1.26. The molecule has 0 saturated heterocycles. The maximum absolute atomic E-state index is 12.8. The van der Waals surface area contributed by atoms with Crippen LogP contribution in [0.2, 0.25) is 0 Å². The van der Waals surface area contributed by atoms with Gasteiger partial charge < -0.3 is 14.7 Å². The van der Waals surface area contributed by atoms with Crippen LogP contribution >= 0.6 is 15.9 Å². The summed E-state index contributed by atoms with van der Waals surface area (Å²) in [5.74, 6) is 0.0761. The molecule has 0 aliphatic rings. The molecule has 0 fully saturated rings. The van der Waals surface area contributed by atoms with Crippen LogP contribution in [-0.4, -0.2) is 47.7 Å². The van der Waals surface area contributed by atoms with Crippen molar-refractivity contribution in [3.05, 3.63) is 99.3 Å². The molecule has 1 N–H and O–H groups in total. The molecule has 0 saturated carbocycles. The predicted octanol–water partition coefficient (Wildman–Crippen LogP) is 5.99. The van der Waals surface area contributed by atoms with Crippen molar-refractivity contribution in [2.24, 2.45) is 0 Å². The van der Waals surface area contributed by atoms with E-state index in [0.717, 1.165) is 43.3 Å². The molecule has 0 unspecified atom stereocenters. The Bertz CT molecular complexity index is 1340. The fraction of sp³-hybridized carbons (Fsp3) is 0.310. The Labute approximate surface area is 215 Å². The van der Waals surface area contributed by atoms with Crippen molar-refractivity contribution in [2.45, 2.75) is 31.8 Å². The number of fused-ring (bicyclic) bond motifs is 1. The molecule has 2 heterocycles. The van der Waals surface area contributed by atoms with Crippen molar-refractivity contribution in [3.8, 4) is 5.88 Å². The molecule has 0 amide bonds. The number of ether oxygens (including phenoxy) is 1. The van der Waals surface area contributed by atoms with E-state index in [9.17, 15) is 5.11 Å². The summed E-state index contributed by atoms with van der Waals surface area (Å²) in [6.07, 6.45) is 2.27. The standard InChI is InChI=1S/C29H32BrN3O2/c1-19-8-6-9-21(16-19)27(24-18-22-17-23(30)11-12-26(22)32-28(24)35-5)29(34,13-15-33(3)4)25-10-7-14-31-20(25)2/h6-12,14,16-18,27,34H,13,15H2,1-5H3/t27-,29-/m1/s1. The average molecular weight is 534 g/mol. The number of hydrogen-bond donors (Lipinski definition) is 1. The number of aromatic nitrogens is 2. The van der Waals surface area contributed by atoms with E-state index in [1.165, 1.54) is 0 Å². The lowest BCUT2D eigenvalue weighted by atomic mass is 9.71. The van der Waals surface area contributed by atoms with Crippen LogP contribution < -0.4 is 4.74 Å². The molecule has 2 atom stereocenters. The van der Waals surface area contributed by atoms with Crippen molar-refractivity contribution in [1.82, 2.24) is 14.9 Å². The molecular formula is C29H32BrN3O2. The van der Waals surface area contributed by atoms with Gasteiger partial charge in [-0.2, -0.15) is 0 Å². The first-order valence-electron chi connectivity index (χ1n) is 11.7. The highest BCUT2D eigenvalue weighted by Crippen LogP contribution is 2.48. The largest absolute Gasteiger partial charge is 0.481 e. The first kappa shape index (κ1) is 25.3.